The van der Waals surface area contributed by atoms with E-state index in [0.717, 1.165) is 30.4 Å². The van der Waals surface area contributed by atoms with Gasteiger partial charge in [-0.1, -0.05) is 80.4 Å². The molecule has 0 heterocycles. The van der Waals surface area contributed by atoms with Crippen LogP contribution in [0.2, 0.25) is 13.1 Å². The van der Waals surface area contributed by atoms with E-state index in [0.29, 0.717) is 12.8 Å². The molecule has 0 aliphatic carbocycles. The first-order chi connectivity index (χ1) is 17.4. The quantitative estimate of drug-likeness (QED) is 0.278. The van der Waals surface area contributed by atoms with Crippen molar-refractivity contribution >= 4 is 21.1 Å². The molecule has 37 heavy (non-hydrogen) atoms. The average molecular weight is 528 g/mol. The third-order valence-electron chi connectivity index (χ3n) is 6.27. The van der Waals surface area contributed by atoms with Gasteiger partial charge in [0.2, 0.25) is 0 Å². The molecule has 0 saturated carbocycles. The zero-order chi connectivity index (χ0) is 27.5. The highest BCUT2D eigenvalue weighted by atomic mass is 28.3. The second kappa shape index (κ2) is 14.3. The van der Waals surface area contributed by atoms with E-state index in [1.54, 1.807) is 0 Å². The minimum atomic E-state index is -1.73. The summed E-state index contributed by atoms with van der Waals surface area (Å²) in [6, 6.07) is 19.3. The fourth-order valence-electron chi connectivity index (χ4n) is 4.75. The lowest BCUT2D eigenvalue weighted by Gasteiger charge is -2.38. The monoisotopic (exact) mass is 527 g/mol. The largest absolute Gasteiger partial charge is 0.479 e. The Morgan fingerprint density at radius 3 is 2.03 bits per heavy atom. The first kappa shape index (κ1) is 30.6. The molecule has 0 spiro atoms. The van der Waals surface area contributed by atoms with Crippen LogP contribution in [0.3, 0.4) is 0 Å². The van der Waals surface area contributed by atoms with E-state index in [9.17, 15) is 14.7 Å². The van der Waals surface area contributed by atoms with Gasteiger partial charge in [0.15, 0.2) is 14.6 Å². The summed E-state index contributed by atoms with van der Waals surface area (Å²) >= 11 is 0. The van der Waals surface area contributed by atoms with Crippen LogP contribution in [0.5, 0.6) is 0 Å². The SMILES string of the molecule is CCCC[C@@H](C[C@](Cc1ccccc1)(O[SiH](C)C)C(=O)O)[C@H](Cc1ccccc1)NC(=O)OC(C)(C)C. The molecule has 0 saturated heterocycles. The number of amides is 1. The number of benzene rings is 2. The number of carbonyl (C=O) groups excluding carboxylic acids is 1. The van der Waals surface area contributed by atoms with Gasteiger partial charge in [-0.25, -0.2) is 9.59 Å². The van der Waals surface area contributed by atoms with Crippen molar-refractivity contribution in [1.29, 1.82) is 0 Å². The van der Waals surface area contributed by atoms with Crippen molar-refractivity contribution < 1.29 is 23.9 Å². The van der Waals surface area contributed by atoms with Crippen molar-refractivity contribution in [3.05, 3.63) is 71.8 Å². The number of hydrogen-bond acceptors (Lipinski definition) is 4. The van der Waals surface area contributed by atoms with Crippen LogP contribution < -0.4 is 5.32 Å². The molecule has 0 aliphatic heterocycles. The van der Waals surface area contributed by atoms with Crippen LogP contribution in [0.25, 0.3) is 0 Å². The number of carboxylic acid groups (broad SMARTS) is 1. The number of unbranched alkanes of at least 4 members (excludes halogenated alkanes) is 1. The Kier molecular flexibility index (Phi) is 11.8. The molecular weight excluding hydrogens is 482 g/mol. The Morgan fingerprint density at radius 1 is 0.973 bits per heavy atom. The maximum atomic E-state index is 12.9. The lowest BCUT2D eigenvalue weighted by atomic mass is 9.78. The van der Waals surface area contributed by atoms with Crippen LogP contribution in [0, 0.1) is 5.92 Å². The van der Waals surface area contributed by atoms with E-state index < -0.39 is 32.3 Å². The van der Waals surface area contributed by atoms with Crippen LogP contribution in [-0.2, 0) is 26.8 Å². The van der Waals surface area contributed by atoms with E-state index >= 15 is 0 Å². The minimum absolute atomic E-state index is 0.125. The molecular formula is C30H45NO5Si. The lowest BCUT2D eigenvalue weighted by molar-refractivity contribution is -0.158. The summed E-state index contributed by atoms with van der Waals surface area (Å²) in [6.45, 7) is 11.6. The fourth-order valence-corrected chi connectivity index (χ4v) is 5.93. The highest BCUT2D eigenvalue weighted by Crippen LogP contribution is 2.33. The van der Waals surface area contributed by atoms with Gasteiger partial charge in [-0.05, 0) is 70.2 Å². The third-order valence-corrected chi connectivity index (χ3v) is 7.20. The first-order valence-electron chi connectivity index (χ1n) is 13.4. The topological polar surface area (TPSA) is 84.9 Å². The number of ether oxygens (including phenoxy) is 1. The Bertz CT molecular complexity index is 961. The molecule has 6 nitrogen and oxygen atoms in total. The van der Waals surface area contributed by atoms with E-state index in [-0.39, 0.29) is 18.4 Å². The number of carboxylic acids is 1. The molecule has 2 N–H and O–H groups in total. The van der Waals surface area contributed by atoms with Gasteiger partial charge in [0.1, 0.15) is 5.60 Å². The van der Waals surface area contributed by atoms with Gasteiger partial charge in [0, 0.05) is 12.5 Å². The minimum Gasteiger partial charge on any atom is -0.479 e. The Morgan fingerprint density at radius 2 is 1.54 bits per heavy atom. The Labute approximate surface area is 224 Å². The second-order valence-corrected chi connectivity index (χ2v) is 13.5. The van der Waals surface area contributed by atoms with Crippen LogP contribution in [0.4, 0.5) is 4.79 Å². The standard InChI is InChI=1S/C30H45NO5Si/c1-7-8-19-25(22-30(27(32)33,36-37(5)6)21-24-17-13-10-14-18-24)26(20-23-15-11-9-12-16-23)31-28(34)35-29(2,3)4/h9-18,25-26,37H,7-8,19-22H2,1-6H3,(H,31,34)(H,32,33)/t25-,26-,30-/m0/s1. The predicted molar refractivity (Wildman–Crippen MR) is 151 cm³/mol. The molecule has 0 bridgehead atoms. The normalized spacial score (nSPS) is 15.0. The molecule has 0 aromatic heterocycles. The van der Waals surface area contributed by atoms with Gasteiger partial charge in [0.25, 0.3) is 0 Å². The van der Waals surface area contributed by atoms with E-state index in [2.05, 4.69) is 12.2 Å². The van der Waals surface area contributed by atoms with Gasteiger partial charge in [-0.2, -0.15) is 0 Å². The predicted octanol–water partition coefficient (Wildman–Crippen LogP) is 6.39. The molecule has 2 rings (SSSR count). The van der Waals surface area contributed by atoms with Crippen molar-refractivity contribution in [2.24, 2.45) is 5.92 Å². The zero-order valence-electron chi connectivity index (χ0n) is 23.3. The number of aliphatic carboxylic acids is 1. The van der Waals surface area contributed by atoms with Crippen LogP contribution in [-0.4, -0.2) is 43.5 Å². The van der Waals surface area contributed by atoms with E-state index in [1.165, 1.54) is 0 Å². The molecule has 204 valence electrons. The summed E-state index contributed by atoms with van der Waals surface area (Å²) in [7, 11) is -1.73. The fraction of sp³-hybridized carbons (Fsp3) is 0.533. The number of carbonyl (C=O) groups is 2. The van der Waals surface area contributed by atoms with Gasteiger partial charge < -0.3 is 19.6 Å². The second-order valence-electron chi connectivity index (χ2n) is 11.2. The highest BCUT2D eigenvalue weighted by Gasteiger charge is 2.44. The summed E-state index contributed by atoms with van der Waals surface area (Å²) in [5, 5.41) is 13.7. The molecule has 0 aliphatic rings. The molecule has 0 unspecified atom stereocenters. The van der Waals surface area contributed by atoms with Gasteiger partial charge in [-0.3, -0.25) is 0 Å². The highest BCUT2D eigenvalue weighted by molar-refractivity contribution is 6.48. The third kappa shape index (κ3) is 10.7. The van der Waals surface area contributed by atoms with Gasteiger partial charge >= 0.3 is 12.1 Å². The smallest absolute Gasteiger partial charge is 0.407 e. The summed E-state index contributed by atoms with van der Waals surface area (Å²) < 4.78 is 12.0. The van der Waals surface area contributed by atoms with Crippen molar-refractivity contribution in [2.45, 2.75) is 96.6 Å². The van der Waals surface area contributed by atoms with Crippen LogP contribution in [0.15, 0.2) is 60.7 Å². The van der Waals surface area contributed by atoms with Gasteiger partial charge in [0.05, 0.1) is 0 Å². The van der Waals surface area contributed by atoms with Crippen molar-refractivity contribution in [1.82, 2.24) is 5.32 Å². The molecule has 3 atom stereocenters. The van der Waals surface area contributed by atoms with Crippen LogP contribution in [0.1, 0.15) is 64.5 Å². The van der Waals surface area contributed by atoms with Crippen molar-refractivity contribution in [3.8, 4) is 0 Å². The summed E-state index contributed by atoms with van der Waals surface area (Å²) in [4.78, 5) is 25.9. The Balaban J connectivity index is 2.48. The molecule has 1 amide bonds. The number of hydrogen-bond donors (Lipinski definition) is 2. The van der Waals surface area contributed by atoms with E-state index in [4.69, 9.17) is 9.16 Å². The summed E-state index contributed by atoms with van der Waals surface area (Å²) in [5.74, 6) is -1.07. The number of alkyl carbamates (subject to hydrolysis) is 1. The Hall–Kier alpha value is -2.64. The van der Waals surface area contributed by atoms with Crippen molar-refractivity contribution in [3.63, 3.8) is 0 Å². The molecule has 0 radical (unpaired) electrons. The van der Waals surface area contributed by atoms with Crippen LogP contribution >= 0.6 is 0 Å². The maximum absolute atomic E-state index is 12.9. The average Bonchev–Trinajstić information content (AvgIpc) is 2.81. The zero-order valence-corrected chi connectivity index (χ0v) is 24.5. The lowest BCUT2D eigenvalue weighted by Crippen LogP contribution is -2.52. The number of nitrogens with one attached hydrogen (secondary N) is 1. The molecule has 7 heteroatoms. The number of rotatable bonds is 14. The molecule has 2 aromatic rings. The molecule has 0 fully saturated rings. The van der Waals surface area contributed by atoms with Gasteiger partial charge in [-0.15, -0.1) is 0 Å². The maximum Gasteiger partial charge on any atom is 0.407 e. The summed E-state index contributed by atoms with van der Waals surface area (Å²) in [5.41, 5.74) is -0.00291. The first-order valence-corrected chi connectivity index (χ1v) is 16.2. The molecule has 2 aromatic carbocycles. The van der Waals surface area contributed by atoms with E-state index in [1.807, 2.05) is 94.5 Å². The van der Waals surface area contributed by atoms with Crippen molar-refractivity contribution in [2.75, 3.05) is 0 Å². The summed E-state index contributed by atoms with van der Waals surface area (Å²) in [6.07, 6.45) is 3.34.